The Morgan fingerprint density at radius 2 is 0.838 bits per heavy atom. The van der Waals surface area contributed by atoms with Crippen molar-refractivity contribution in [2.45, 2.75) is 29.4 Å². The van der Waals surface area contributed by atoms with Gasteiger partial charge in [-0.05, 0) is 113 Å². The summed E-state index contributed by atoms with van der Waals surface area (Å²) in [5.41, 5.74) is 13.7. The van der Waals surface area contributed by atoms with Gasteiger partial charge in [-0.15, -0.1) is 0 Å². The van der Waals surface area contributed by atoms with Crippen LogP contribution < -0.4 is 26.4 Å². The summed E-state index contributed by atoms with van der Waals surface area (Å²) in [4.78, 5) is 17.2. The Kier molecular flexibility index (Phi) is 12.8. The predicted molar refractivity (Wildman–Crippen MR) is 296 cm³/mol. The number of hydrogen-bond acceptors (Lipinski definition) is 10. The first kappa shape index (κ1) is 47.6. The summed E-state index contributed by atoms with van der Waals surface area (Å²) in [6.07, 6.45) is 0. The van der Waals surface area contributed by atoms with Gasteiger partial charge in [0.25, 0.3) is 0 Å². The van der Waals surface area contributed by atoms with Crippen molar-refractivity contribution in [3.63, 3.8) is 0 Å². The van der Waals surface area contributed by atoms with Crippen molar-refractivity contribution < 1.29 is 41.0 Å². The van der Waals surface area contributed by atoms with E-state index in [0.29, 0.717) is 5.75 Å². The van der Waals surface area contributed by atoms with Crippen molar-refractivity contribution in [3.05, 3.63) is 182 Å². The summed E-state index contributed by atoms with van der Waals surface area (Å²) < 4.78 is 23.6. The van der Waals surface area contributed by atoms with E-state index in [1.54, 1.807) is 32.0 Å². The average Bonchev–Trinajstić information content (AvgIpc) is 3.44. The summed E-state index contributed by atoms with van der Waals surface area (Å²) in [6.45, 7) is 0.505. The highest BCUT2D eigenvalue weighted by molar-refractivity contribution is 8.00. The molecule has 362 valence electrons. The number of para-hydroxylation sites is 3. The lowest BCUT2D eigenvalue weighted by molar-refractivity contribution is -0.617. The number of benzene rings is 9. The summed E-state index contributed by atoms with van der Waals surface area (Å²) in [5, 5.41) is 17.3. The van der Waals surface area contributed by atoms with Crippen molar-refractivity contribution in [1.82, 2.24) is 9.97 Å². The van der Waals surface area contributed by atoms with Gasteiger partial charge in [-0.25, -0.2) is 9.97 Å². The van der Waals surface area contributed by atoms with Crippen molar-refractivity contribution in [2.75, 3.05) is 27.8 Å². The minimum absolute atomic E-state index is 0. The molecule has 0 bridgehead atoms. The van der Waals surface area contributed by atoms with Gasteiger partial charge in [0.1, 0.15) is 24.3 Å². The minimum Gasteiger partial charge on any atom is -1.00 e. The number of phenols is 1. The molecule has 12 heteroatoms. The van der Waals surface area contributed by atoms with Crippen LogP contribution in [0, 0.1) is 0 Å². The maximum atomic E-state index is 9.84. The molecule has 0 spiro atoms. The van der Waals surface area contributed by atoms with Crippen LogP contribution >= 0.6 is 35.3 Å². The number of pyridine rings is 3. The molecule has 1 N–H and O–H groups in total. The predicted octanol–water partition coefficient (Wildman–Crippen LogP) is 12.7. The van der Waals surface area contributed by atoms with Crippen molar-refractivity contribution >= 4 is 101 Å². The summed E-state index contributed by atoms with van der Waals surface area (Å²) >= 11 is 5.42. The van der Waals surface area contributed by atoms with Crippen molar-refractivity contribution in [1.29, 1.82) is 0 Å². The number of phenolic OH excluding ortho intramolecular Hbond substituents is 1. The van der Waals surface area contributed by atoms with E-state index in [1.807, 2.05) is 66.0 Å². The molecule has 0 unspecified atom stereocenters. The minimum atomic E-state index is 0. The fourth-order valence-corrected chi connectivity index (χ4v) is 14.0. The van der Waals surface area contributed by atoms with Gasteiger partial charge in [0.2, 0.25) is 11.0 Å². The fraction of sp³-hybridized carbons (Fsp3) is 0.0806. The van der Waals surface area contributed by atoms with Crippen LogP contribution in [-0.4, -0.2) is 42.9 Å². The van der Waals surface area contributed by atoms with Crippen LogP contribution in [0.5, 0.6) is 17.2 Å². The maximum absolute atomic E-state index is 9.84. The second-order valence-corrected chi connectivity index (χ2v) is 21.0. The van der Waals surface area contributed by atoms with Crippen LogP contribution in [0.25, 0.3) is 98.8 Å². The molecule has 0 atom stereocenters. The molecule has 9 aromatic carbocycles. The SMILES string of the molecule is COCOc1ccc2c(c1)-c1cccc3c1c(c1ccccc1[n+]3C)S2.COCOc1ccc2c(c1)-c1cccc3nc4ccccc4c(c13)S2.Oc1ccc2c(c1)-c1cccc3nc4ccccc4c(c13)S2.[Cl-]. The molecule has 74 heavy (non-hydrogen) atoms. The van der Waals surface area contributed by atoms with Crippen LogP contribution in [0.1, 0.15) is 0 Å². The fourth-order valence-electron chi connectivity index (χ4n) is 10.3. The third-order valence-corrected chi connectivity index (χ3v) is 17.1. The molecule has 0 saturated heterocycles. The number of aromatic hydroxyl groups is 1. The monoisotopic (exact) mass is 1040 g/mol. The van der Waals surface area contributed by atoms with Crippen LogP contribution in [-0.2, 0) is 16.5 Å². The molecule has 0 fully saturated rings. The summed E-state index contributed by atoms with van der Waals surface area (Å²) in [6, 6.07) is 62.4. The number of fused-ring (bicyclic) bond motifs is 12. The van der Waals surface area contributed by atoms with Gasteiger partial charge in [-0.1, -0.05) is 120 Å². The lowest BCUT2D eigenvalue weighted by Gasteiger charge is -2.22. The molecule has 0 radical (unpaired) electrons. The molecule has 6 heterocycles. The maximum Gasteiger partial charge on any atom is 0.214 e. The van der Waals surface area contributed by atoms with Crippen molar-refractivity contribution in [2.24, 2.45) is 7.05 Å². The highest BCUT2D eigenvalue weighted by atomic mass is 35.5. The second kappa shape index (κ2) is 19.8. The second-order valence-electron chi connectivity index (χ2n) is 17.8. The molecule has 15 rings (SSSR count). The number of methoxy groups -OCH3 is 2. The molecule has 3 aliphatic heterocycles. The van der Waals surface area contributed by atoms with E-state index in [2.05, 4.69) is 145 Å². The zero-order chi connectivity index (χ0) is 49.2. The van der Waals surface area contributed by atoms with Gasteiger partial charge in [-0.2, -0.15) is 4.57 Å². The van der Waals surface area contributed by atoms with Gasteiger partial charge < -0.3 is 36.5 Å². The average molecular weight is 1040 g/mol. The van der Waals surface area contributed by atoms with Crippen LogP contribution in [0.3, 0.4) is 0 Å². The third-order valence-electron chi connectivity index (χ3n) is 13.5. The van der Waals surface area contributed by atoms with Gasteiger partial charge in [0.05, 0.1) is 32.8 Å². The largest absolute Gasteiger partial charge is 1.00 e. The van der Waals surface area contributed by atoms with Crippen LogP contribution in [0.2, 0.25) is 0 Å². The number of aromatic nitrogens is 3. The molecule has 0 amide bonds. The van der Waals surface area contributed by atoms with E-state index >= 15 is 0 Å². The van der Waals surface area contributed by atoms with Gasteiger partial charge in [0.15, 0.2) is 13.6 Å². The topological polar surface area (TPSA) is 86.8 Å². The molecular formula is C62H44ClN3O5S3. The van der Waals surface area contributed by atoms with E-state index in [4.69, 9.17) is 28.9 Å². The first-order valence-corrected chi connectivity index (χ1v) is 26.2. The molecule has 8 nitrogen and oxygen atoms in total. The number of aryl methyl sites for hydroxylation is 1. The number of hydrogen-bond donors (Lipinski definition) is 1. The Labute approximate surface area is 445 Å². The van der Waals surface area contributed by atoms with Gasteiger partial charge >= 0.3 is 0 Å². The number of halogens is 1. The smallest absolute Gasteiger partial charge is 0.214 e. The Balaban J connectivity index is 0.000000112. The molecule has 0 aliphatic carbocycles. The molecule has 3 aliphatic rings. The Morgan fingerprint density at radius 1 is 0.419 bits per heavy atom. The molecule has 12 aromatic rings. The highest BCUT2D eigenvalue weighted by Gasteiger charge is 2.28. The molecular weight excluding hydrogens is 998 g/mol. The Hall–Kier alpha value is -7.35. The van der Waals surface area contributed by atoms with Gasteiger partial charge in [-0.3, -0.25) is 0 Å². The molecule has 3 aromatic heterocycles. The van der Waals surface area contributed by atoms with E-state index < -0.39 is 0 Å². The van der Waals surface area contributed by atoms with Gasteiger partial charge in [0, 0.05) is 82.8 Å². The first-order valence-electron chi connectivity index (χ1n) is 23.8. The Morgan fingerprint density at radius 3 is 1.38 bits per heavy atom. The van der Waals surface area contributed by atoms with E-state index in [1.165, 1.54) is 95.0 Å². The molecule has 0 saturated carbocycles. The first-order chi connectivity index (χ1) is 35.9. The zero-order valence-corrected chi connectivity index (χ0v) is 43.5. The van der Waals surface area contributed by atoms with E-state index in [9.17, 15) is 5.11 Å². The highest BCUT2D eigenvalue weighted by Crippen LogP contribution is 2.53. The number of nitrogens with zero attached hydrogens (tertiary/aromatic N) is 3. The standard InChI is InChI=1S/C22H18NO2S.C21H15NO2S.C19H11NOS.ClH/c1-23-18-8-4-3-6-16(18)22-21-15(7-5-9-19(21)23)17-12-14(25-13-24-2)10-11-20(17)26-22;1-23-12-24-13-9-10-19-16(11-13)14-6-4-8-18-20(14)21(25-19)15-5-2-3-7-17(15)22-18;21-11-8-9-17-14(10-11)12-5-3-7-16-18(12)19(22-17)13-4-1-2-6-15(13)20-16;/h3-12H,13H2,1-2H3;2-11H,12H2,1H3;1-10,21H;1H/q+1;;;/p-1. The lowest BCUT2D eigenvalue weighted by Crippen LogP contribution is -3.00. The quantitative estimate of drug-likeness (QED) is 0.0987. The number of rotatable bonds is 6. The zero-order valence-electron chi connectivity index (χ0n) is 40.3. The van der Waals surface area contributed by atoms with Crippen molar-refractivity contribution in [3.8, 4) is 50.6 Å². The van der Waals surface area contributed by atoms with Crippen LogP contribution in [0.15, 0.2) is 211 Å². The van der Waals surface area contributed by atoms with Crippen LogP contribution in [0.4, 0.5) is 0 Å². The third kappa shape index (κ3) is 8.21. The summed E-state index contributed by atoms with van der Waals surface area (Å²) in [5.74, 6) is 1.95. The Bertz CT molecular complexity index is 4230. The van der Waals surface area contributed by atoms with E-state index in [-0.39, 0.29) is 26.0 Å². The normalized spacial score (nSPS) is 12.3. The summed E-state index contributed by atoms with van der Waals surface area (Å²) in [7, 11) is 5.40. The number of ether oxygens (including phenoxy) is 4. The van der Waals surface area contributed by atoms with E-state index in [0.717, 1.165) is 44.7 Å². The lowest BCUT2D eigenvalue weighted by atomic mass is 9.98.